The Morgan fingerprint density at radius 1 is 1.16 bits per heavy atom. The number of nitrogens with zero attached hydrogens (tertiary/aromatic N) is 5. The van der Waals surface area contributed by atoms with Crippen LogP contribution in [0.5, 0.6) is 0 Å². The third kappa shape index (κ3) is 10.8. The Morgan fingerprint density at radius 2 is 1.94 bits per heavy atom. The second kappa shape index (κ2) is 17.9. The number of carbonyl (C=O) groups is 2. The van der Waals surface area contributed by atoms with Crippen LogP contribution in [0.15, 0.2) is 62.4 Å². The van der Waals surface area contributed by atoms with Crippen molar-refractivity contribution in [3.8, 4) is 6.07 Å². The number of nitriles is 1. The molecule has 0 bridgehead atoms. The topological polar surface area (TPSA) is 137 Å². The Kier molecular flexibility index (Phi) is 13.4. The zero-order valence-electron chi connectivity index (χ0n) is 29.1. The summed E-state index contributed by atoms with van der Waals surface area (Å²) in [5.41, 5.74) is 2.27. The van der Waals surface area contributed by atoms with E-state index in [1.165, 1.54) is 34.3 Å². The number of piperidine rings is 1. The van der Waals surface area contributed by atoms with Gasteiger partial charge in [0.1, 0.15) is 22.4 Å². The van der Waals surface area contributed by atoms with Crippen molar-refractivity contribution in [1.82, 2.24) is 25.2 Å². The van der Waals surface area contributed by atoms with Gasteiger partial charge in [0.15, 0.2) is 5.13 Å². The maximum absolute atomic E-state index is 13.0. The monoisotopic (exact) mass is 731 g/mol. The zero-order valence-corrected chi connectivity index (χ0v) is 31.6. The van der Waals surface area contributed by atoms with E-state index < -0.39 is 0 Å². The standard InChI is InChI=1S/C37H45N7O3S3/c1-5-7-29(42-35(46)28(21-38)20-32-39-15-19-48-32)26-11-9-25(10-12-26)8-6-16-44-17-13-27(14-18-44)34(45)43-36-41-23-33(50-36)49-24-31-40-22-30(47-31)37(2,3)4/h9-12,15,19-20,22-23,27,29H,5-8,13-14,16-18,24H2,1-4H3,(H,42,46)(H,41,43,45)/b28-20+. The molecule has 1 fully saturated rings. The Balaban J connectivity index is 1.01. The van der Waals surface area contributed by atoms with Crippen LogP contribution in [-0.4, -0.2) is 51.3 Å². The van der Waals surface area contributed by atoms with Gasteiger partial charge in [-0.05, 0) is 68.9 Å². The van der Waals surface area contributed by atoms with E-state index in [-0.39, 0.29) is 34.8 Å². The molecule has 1 unspecified atom stereocenters. The highest BCUT2D eigenvalue weighted by molar-refractivity contribution is 8.00. The number of aryl methyl sites for hydroxylation is 1. The van der Waals surface area contributed by atoms with Crippen LogP contribution in [-0.2, 0) is 27.2 Å². The average Bonchev–Trinajstić information content (AvgIpc) is 3.90. The highest BCUT2D eigenvalue weighted by Gasteiger charge is 2.26. The lowest BCUT2D eigenvalue weighted by Crippen LogP contribution is -2.38. The van der Waals surface area contributed by atoms with Crippen LogP contribution in [0.4, 0.5) is 5.13 Å². The molecule has 3 aromatic heterocycles. The second-order valence-corrected chi connectivity index (χ2v) is 16.7. The lowest BCUT2D eigenvalue weighted by atomic mass is 9.94. The molecule has 0 radical (unpaired) electrons. The van der Waals surface area contributed by atoms with Gasteiger partial charge in [0, 0.05) is 22.9 Å². The summed E-state index contributed by atoms with van der Waals surface area (Å²) in [7, 11) is 0. The van der Waals surface area contributed by atoms with E-state index in [2.05, 4.69) is 82.4 Å². The molecule has 10 nitrogen and oxygen atoms in total. The van der Waals surface area contributed by atoms with Crippen molar-refractivity contribution in [2.24, 2.45) is 5.92 Å². The predicted octanol–water partition coefficient (Wildman–Crippen LogP) is 8.03. The van der Waals surface area contributed by atoms with Crippen LogP contribution in [0.1, 0.15) is 93.6 Å². The largest absolute Gasteiger partial charge is 0.444 e. The Labute approximate surface area is 306 Å². The lowest BCUT2D eigenvalue weighted by molar-refractivity contribution is -0.121. The van der Waals surface area contributed by atoms with Crippen molar-refractivity contribution in [3.63, 3.8) is 0 Å². The Morgan fingerprint density at radius 3 is 2.60 bits per heavy atom. The number of aromatic nitrogens is 3. The van der Waals surface area contributed by atoms with Crippen molar-refractivity contribution in [3.05, 3.63) is 81.6 Å². The van der Waals surface area contributed by atoms with Gasteiger partial charge in [-0.2, -0.15) is 5.26 Å². The van der Waals surface area contributed by atoms with Gasteiger partial charge in [-0.25, -0.2) is 15.0 Å². The smallest absolute Gasteiger partial charge is 0.262 e. The van der Waals surface area contributed by atoms with Crippen molar-refractivity contribution in [2.75, 3.05) is 25.0 Å². The number of amides is 2. The number of anilines is 1. The Bertz CT molecular complexity index is 1760. The number of nitrogens with one attached hydrogen (secondary N) is 2. The van der Waals surface area contributed by atoms with Crippen LogP contribution >= 0.6 is 34.4 Å². The molecule has 1 atom stereocenters. The van der Waals surface area contributed by atoms with E-state index in [9.17, 15) is 14.9 Å². The van der Waals surface area contributed by atoms with Crippen molar-refractivity contribution in [1.29, 1.82) is 5.26 Å². The predicted molar refractivity (Wildman–Crippen MR) is 201 cm³/mol. The first-order chi connectivity index (χ1) is 24.1. The minimum atomic E-state index is -0.382. The zero-order chi connectivity index (χ0) is 35.5. The SMILES string of the molecule is CCCC(NC(=O)/C(C#N)=C/c1nccs1)c1ccc(CCCN2CCC(C(=O)Nc3ncc(SCc4ncc(C(C)(C)C)o4)s3)CC2)cc1. The number of thiazole rings is 2. The molecule has 0 spiro atoms. The minimum Gasteiger partial charge on any atom is -0.444 e. The summed E-state index contributed by atoms with van der Waals surface area (Å²) in [5, 5.41) is 18.7. The van der Waals surface area contributed by atoms with Crippen LogP contribution in [0.25, 0.3) is 6.08 Å². The molecule has 0 aliphatic carbocycles. The summed E-state index contributed by atoms with van der Waals surface area (Å²) in [6, 6.07) is 10.3. The molecule has 1 aliphatic rings. The van der Waals surface area contributed by atoms with Crippen molar-refractivity contribution < 1.29 is 14.0 Å². The van der Waals surface area contributed by atoms with Gasteiger partial charge in [-0.3, -0.25) is 9.59 Å². The van der Waals surface area contributed by atoms with Gasteiger partial charge in [-0.15, -0.1) is 23.1 Å². The third-order valence-corrected chi connectivity index (χ3v) is 11.4. The molecule has 13 heteroatoms. The van der Waals surface area contributed by atoms with E-state index >= 15 is 0 Å². The number of oxazole rings is 1. The normalized spacial score (nSPS) is 15.1. The maximum Gasteiger partial charge on any atom is 0.262 e. The molecule has 1 saturated heterocycles. The van der Waals surface area contributed by atoms with Crippen molar-refractivity contribution >= 4 is 57.5 Å². The van der Waals surface area contributed by atoms with E-state index in [0.717, 1.165) is 73.7 Å². The van der Waals surface area contributed by atoms with Gasteiger partial charge >= 0.3 is 0 Å². The summed E-state index contributed by atoms with van der Waals surface area (Å²) in [4.78, 5) is 41.3. The molecule has 2 N–H and O–H groups in total. The van der Waals surface area contributed by atoms with Gasteiger partial charge < -0.3 is 20.0 Å². The quantitative estimate of drug-likeness (QED) is 0.0707. The number of rotatable bonds is 15. The van der Waals surface area contributed by atoms with Crippen LogP contribution in [0, 0.1) is 17.2 Å². The number of benzene rings is 1. The van der Waals surface area contributed by atoms with E-state index in [1.54, 1.807) is 30.4 Å². The summed E-state index contributed by atoms with van der Waals surface area (Å²) < 4.78 is 6.90. The van der Waals surface area contributed by atoms with Gasteiger partial charge in [0.25, 0.3) is 5.91 Å². The second-order valence-electron chi connectivity index (χ2n) is 13.4. The molecule has 1 aromatic carbocycles. The summed E-state index contributed by atoms with van der Waals surface area (Å²) in [6.45, 7) is 11.2. The fourth-order valence-electron chi connectivity index (χ4n) is 5.71. The van der Waals surface area contributed by atoms with E-state index in [1.807, 2.05) is 11.4 Å². The molecule has 4 heterocycles. The highest BCUT2D eigenvalue weighted by Crippen LogP contribution is 2.32. The number of carbonyl (C=O) groups excluding carboxylic acids is 2. The molecule has 4 aromatic rings. The van der Waals surface area contributed by atoms with Crippen LogP contribution in [0.2, 0.25) is 0 Å². The molecule has 50 heavy (non-hydrogen) atoms. The summed E-state index contributed by atoms with van der Waals surface area (Å²) in [5.74, 6) is 1.84. The number of likely N-dealkylation sites (tertiary alicyclic amines) is 1. The minimum absolute atomic E-state index is 0.00872. The number of hydrogen-bond acceptors (Lipinski definition) is 11. The lowest BCUT2D eigenvalue weighted by Gasteiger charge is -2.31. The van der Waals surface area contributed by atoms with Gasteiger partial charge in [0.05, 0.1) is 28.4 Å². The molecular formula is C37H45N7O3S3. The first-order valence-corrected chi connectivity index (χ1v) is 19.8. The van der Waals surface area contributed by atoms with E-state index in [0.29, 0.717) is 21.8 Å². The average molecular weight is 732 g/mol. The molecular weight excluding hydrogens is 687 g/mol. The first kappa shape index (κ1) is 37.4. The van der Waals surface area contributed by atoms with Crippen LogP contribution in [0.3, 0.4) is 0 Å². The van der Waals surface area contributed by atoms with Gasteiger partial charge in [0.2, 0.25) is 11.8 Å². The molecule has 2 amide bonds. The fourth-order valence-corrected chi connectivity index (χ4v) is 8.01. The van der Waals surface area contributed by atoms with Crippen molar-refractivity contribution in [2.45, 2.75) is 87.6 Å². The summed E-state index contributed by atoms with van der Waals surface area (Å²) in [6.07, 6.45) is 12.1. The fraction of sp³-hybridized carbons (Fsp3) is 0.459. The Hall–Kier alpha value is -3.83. The third-order valence-electron chi connectivity index (χ3n) is 8.59. The number of hydrogen-bond donors (Lipinski definition) is 2. The summed E-state index contributed by atoms with van der Waals surface area (Å²) >= 11 is 4.48. The highest BCUT2D eigenvalue weighted by atomic mass is 32.2. The van der Waals surface area contributed by atoms with Gasteiger partial charge in [-0.1, -0.05) is 69.7 Å². The van der Waals surface area contributed by atoms with E-state index in [4.69, 9.17) is 4.42 Å². The number of thioether (sulfide) groups is 1. The molecule has 1 aliphatic heterocycles. The first-order valence-electron chi connectivity index (χ1n) is 17.1. The molecule has 0 saturated carbocycles. The molecule has 5 rings (SSSR count). The maximum atomic E-state index is 13.0. The molecule has 264 valence electrons. The van der Waals surface area contributed by atoms with Crippen LogP contribution < -0.4 is 10.6 Å².